The Morgan fingerprint density at radius 2 is 1.76 bits per heavy atom. The van der Waals surface area contributed by atoms with Gasteiger partial charge in [0.25, 0.3) is 5.91 Å². The smallest absolute Gasteiger partial charge is 0.255 e. The molecule has 0 saturated carbocycles. The van der Waals surface area contributed by atoms with Crippen molar-refractivity contribution in [3.8, 4) is 0 Å². The third-order valence-electron chi connectivity index (χ3n) is 2.78. The first kappa shape index (κ1) is 15.7. The average molecular weight is 369 g/mol. The average Bonchev–Trinajstić information content (AvgIpc) is 2.47. The van der Waals surface area contributed by atoms with Crippen LogP contribution in [0, 0.1) is 0 Å². The molecule has 0 aliphatic rings. The molecule has 0 heterocycles. The van der Waals surface area contributed by atoms with Crippen LogP contribution in [0.25, 0.3) is 0 Å². The number of hydrogen-bond acceptors (Lipinski definition) is 3. The number of halogens is 1. The van der Waals surface area contributed by atoms with E-state index in [1.807, 2.05) is 12.1 Å². The Kier molecular flexibility index (Phi) is 4.76. The van der Waals surface area contributed by atoms with Gasteiger partial charge in [-0.05, 0) is 49.5 Å². The highest BCUT2D eigenvalue weighted by molar-refractivity contribution is 9.10. The topological polar surface area (TPSA) is 75.3 Å². The first-order chi connectivity index (χ1) is 9.92. The maximum absolute atomic E-state index is 12.1. The van der Waals surface area contributed by atoms with Gasteiger partial charge in [0.2, 0.25) is 10.0 Å². The molecule has 0 aliphatic carbocycles. The number of hydrogen-bond donors (Lipinski definition) is 2. The third-order valence-corrected chi connectivity index (χ3v) is 4.70. The summed E-state index contributed by atoms with van der Waals surface area (Å²) in [5.74, 6) is -0.304. The van der Waals surface area contributed by atoms with Crippen LogP contribution in [0.4, 0.5) is 5.69 Å². The second kappa shape index (κ2) is 6.38. The molecule has 0 saturated heterocycles. The normalized spacial score (nSPS) is 11.1. The van der Waals surface area contributed by atoms with Crippen LogP contribution in [-0.4, -0.2) is 21.4 Å². The van der Waals surface area contributed by atoms with Crippen molar-refractivity contribution in [2.45, 2.75) is 4.90 Å². The minimum absolute atomic E-state index is 0.115. The fourth-order valence-corrected chi connectivity index (χ4v) is 2.80. The Morgan fingerprint density at radius 1 is 1.10 bits per heavy atom. The van der Waals surface area contributed by atoms with Crippen molar-refractivity contribution in [2.24, 2.45) is 0 Å². The van der Waals surface area contributed by atoms with E-state index in [1.54, 1.807) is 12.1 Å². The number of carbonyl (C=O) groups is 1. The van der Waals surface area contributed by atoms with E-state index >= 15 is 0 Å². The Balaban J connectivity index is 2.17. The van der Waals surface area contributed by atoms with Gasteiger partial charge in [0.05, 0.1) is 4.90 Å². The Hall–Kier alpha value is -1.70. The van der Waals surface area contributed by atoms with Crippen molar-refractivity contribution in [3.63, 3.8) is 0 Å². The second-order valence-electron chi connectivity index (χ2n) is 4.20. The maximum Gasteiger partial charge on any atom is 0.255 e. The molecule has 2 aromatic carbocycles. The largest absolute Gasteiger partial charge is 0.322 e. The van der Waals surface area contributed by atoms with Crippen LogP contribution in [-0.2, 0) is 10.0 Å². The number of amides is 1. The van der Waals surface area contributed by atoms with Gasteiger partial charge >= 0.3 is 0 Å². The van der Waals surface area contributed by atoms with Crippen molar-refractivity contribution >= 4 is 37.5 Å². The summed E-state index contributed by atoms with van der Waals surface area (Å²) < 4.78 is 26.3. The Labute approximate surface area is 131 Å². The van der Waals surface area contributed by atoms with Gasteiger partial charge in [-0.2, -0.15) is 0 Å². The standard InChI is InChI=1S/C14H13BrN2O3S/c1-16-21(19,20)13-7-5-10(6-8-13)14(18)17-12-4-2-3-11(15)9-12/h2-9,16H,1H3,(H,17,18). The number of rotatable bonds is 4. The van der Waals surface area contributed by atoms with Crippen molar-refractivity contribution in [1.29, 1.82) is 0 Å². The van der Waals surface area contributed by atoms with E-state index in [4.69, 9.17) is 0 Å². The van der Waals surface area contributed by atoms with E-state index in [0.717, 1.165) is 4.47 Å². The van der Waals surface area contributed by atoms with Crippen molar-refractivity contribution in [3.05, 3.63) is 58.6 Å². The fraction of sp³-hybridized carbons (Fsp3) is 0.0714. The molecule has 0 radical (unpaired) electrons. The summed E-state index contributed by atoms with van der Waals surface area (Å²) in [4.78, 5) is 12.2. The SMILES string of the molecule is CNS(=O)(=O)c1ccc(C(=O)Nc2cccc(Br)c2)cc1. The lowest BCUT2D eigenvalue weighted by Gasteiger charge is -2.07. The summed E-state index contributed by atoms with van der Waals surface area (Å²) >= 11 is 3.32. The maximum atomic E-state index is 12.1. The molecule has 2 aromatic rings. The zero-order chi connectivity index (χ0) is 15.5. The zero-order valence-electron chi connectivity index (χ0n) is 11.1. The van der Waals surface area contributed by atoms with Gasteiger partial charge in [-0.1, -0.05) is 22.0 Å². The molecule has 1 amide bonds. The number of anilines is 1. The summed E-state index contributed by atoms with van der Waals surface area (Å²) in [5, 5.41) is 2.74. The molecule has 0 bridgehead atoms. The van der Waals surface area contributed by atoms with Crippen LogP contribution in [0.1, 0.15) is 10.4 Å². The minimum Gasteiger partial charge on any atom is -0.322 e. The molecular weight excluding hydrogens is 356 g/mol. The monoisotopic (exact) mass is 368 g/mol. The highest BCUT2D eigenvalue weighted by Crippen LogP contribution is 2.17. The highest BCUT2D eigenvalue weighted by Gasteiger charge is 2.12. The molecule has 110 valence electrons. The Bertz CT molecular complexity index is 758. The van der Waals surface area contributed by atoms with Gasteiger partial charge in [0.15, 0.2) is 0 Å². The second-order valence-corrected chi connectivity index (χ2v) is 7.00. The molecule has 7 heteroatoms. The first-order valence-corrected chi connectivity index (χ1v) is 8.30. The molecule has 5 nitrogen and oxygen atoms in total. The molecule has 2 rings (SSSR count). The summed E-state index contributed by atoms with van der Waals surface area (Å²) in [7, 11) is -2.16. The number of sulfonamides is 1. The molecule has 0 aromatic heterocycles. The quantitative estimate of drug-likeness (QED) is 0.870. The molecule has 0 atom stereocenters. The minimum atomic E-state index is -3.49. The predicted molar refractivity (Wildman–Crippen MR) is 84.8 cm³/mol. The van der Waals surface area contributed by atoms with E-state index < -0.39 is 10.0 Å². The molecule has 0 unspecified atom stereocenters. The van der Waals surface area contributed by atoms with Gasteiger partial charge in [-0.15, -0.1) is 0 Å². The van der Waals surface area contributed by atoms with Crippen molar-refractivity contribution in [2.75, 3.05) is 12.4 Å². The van der Waals surface area contributed by atoms with Gasteiger partial charge in [-0.25, -0.2) is 13.1 Å². The summed E-state index contributed by atoms with van der Waals surface area (Å²) in [6.45, 7) is 0. The fourth-order valence-electron chi connectivity index (χ4n) is 1.67. The number of benzene rings is 2. The van der Waals surface area contributed by atoms with Crippen molar-refractivity contribution in [1.82, 2.24) is 4.72 Å². The number of carbonyl (C=O) groups excluding carboxylic acids is 1. The first-order valence-electron chi connectivity index (χ1n) is 6.03. The lowest BCUT2D eigenvalue weighted by Crippen LogP contribution is -2.19. The highest BCUT2D eigenvalue weighted by atomic mass is 79.9. The predicted octanol–water partition coefficient (Wildman–Crippen LogP) is 2.61. The summed E-state index contributed by atoms with van der Waals surface area (Å²) in [6, 6.07) is 12.9. The lowest BCUT2D eigenvalue weighted by atomic mass is 10.2. The summed E-state index contributed by atoms with van der Waals surface area (Å²) in [5.41, 5.74) is 1.03. The van der Waals surface area contributed by atoms with Crippen LogP contribution in [0.15, 0.2) is 57.9 Å². The van der Waals surface area contributed by atoms with Gasteiger partial charge in [0.1, 0.15) is 0 Å². The van der Waals surface area contributed by atoms with Gasteiger partial charge in [-0.3, -0.25) is 4.79 Å². The van der Waals surface area contributed by atoms with E-state index in [-0.39, 0.29) is 10.8 Å². The van der Waals surface area contributed by atoms with Gasteiger partial charge in [0, 0.05) is 15.7 Å². The molecule has 2 N–H and O–H groups in total. The molecule has 0 spiro atoms. The van der Waals surface area contributed by atoms with Crippen molar-refractivity contribution < 1.29 is 13.2 Å². The molecule has 0 fully saturated rings. The third kappa shape index (κ3) is 3.90. The van der Waals surface area contributed by atoms with E-state index in [0.29, 0.717) is 11.3 Å². The van der Waals surface area contributed by atoms with Gasteiger partial charge < -0.3 is 5.32 Å². The van der Waals surface area contributed by atoms with E-state index in [2.05, 4.69) is 26.0 Å². The zero-order valence-corrected chi connectivity index (χ0v) is 13.5. The molecule has 0 aliphatic heterocycles. The lowest BCUT2D eigenvalue weighted by molar-refractivity contribution is 0.102. The van der Waals surface area contributed by atoms with Crippen LogP contribution in [0.5, 0.6) is 0 Å². The van der Waals surface area contributed by atoms with E-state index in [9.17, 15) is 13.2 Å². The Morgan fingerprint density at radius 3 is 2.33 bits per heavy atom. The summed E-state index contributed by atoms with van der Waals surface area (Å²) in [6.07, 6.45) is 0. The van der Waals surface area contributed by atoms with Crippen LogP contribution >= 0.6 is 15.9 Å². The van der Waals surface area contributed by atoms with Crippen LogP contribution in [0.3, 0.4) is 0 Å². The van der Waals surface area contributed by atoms with E-state index in [1.165, 1.54) is 31.3 Å². The van der Waals surface area contributed by atoms with Crippen LogP contribution < -0.4 is 10.0 Å². The molecule has 21 heavy (non-hydrogen) atoms. The number of nitrogens with one attached hydrogen (secondary N) is 2. The molecular formula is C14H13BrN2O3S. The van der Waals surface area contributed by atoms with Crippen LogP contribution in [0.2, 0.25) is 0 Å².